The first-order valence-corrected chi connectivity index (χ1v) is 9.18. The molecule has 2 unspecified atom stereocenters. The molecule has 3 heteroatoms. The van der Waals surface area contributed by atoms with Crippen LogP contribution in [0.25, 0.3) is 0 Å². The number of hydrogen-bond donors (Lipinski definition) is 1. The van der Waals surface area contributed by atoms with E-state index in [9.17, 15) is 0 Å². The fourth-order valence-corrected chi connectivity index (χ4v) is 4.74. The van der Waals surface area contributed by atoms with E-state index in [-0.39, 0.29) is 5.41 Å². The molecular formula is C18H30N2S. The fourth-order valence-electron chi connectivity index (χ4n) is 3.49. The highest BCUT2D eigenvalue weighted by molar-refractivity contribution is 8.00. The minimum absolute atomic E-state index is 0.219. The zero-order valence-corrected chi connectivity index (χ0v) is 14.7. The van der Waals surface area contributed by atoms with Crippen LogP contribution < -0.4 is 5.32 Å². The zero-order chi connectivity index (χ0) is 15.3. The molecule has 0 amide bonds. The van der Waals surface area contributed by atoms with Crippen LogP contribution in [0, 0.1) is 5.41 Å². The van der Waals surface area contributed by atoms with Crippen molar-refractivity contribution >= 4 is 11.8 Å². The van der Waals surface area contributed by atoms with Crippen LogP contribution in [0.1, 0.15) is 38.8 Å². The van der Waals surface area contributed by atoms with Crippen LogP contribution in [-0.4, -0.2) is 42.6 Å². The first-order valence-electron chi connectivity index (χ1n) is 8.13. The van der Waals surface area contributed by atoms with E-state index >= 15 is 0 Å². The molecule has 1 N–H and O–H groups in total. The Bertz CT molecular complexity index is 418. The van der Waals surface area contributed by atoms with Crippen molar-refractivity contribution in [2.24, 2.45) is 5.41 Å². The SMILES string of the molecule is CCC1CN(CC(C)(C)C(NC)c2ccccc2)CCS1. The maximum absolute atomic E-state index is 3.54. The van der Waals surface area contributed by atoms with Gasteiger partial charge in [0.15, 0.2) is 0 Å². The van der Waals surface area contributed by atoms with E-state index in [0.717, 1.165) is 11.8 Å². The molecule has 0 radical (unpaired) electrons. The molecule has 2 atom stereocenters. The smallest absolute Gasteiger partial charge is 0.0381 e. The molecule has 0 aliphatic carbocycles. The minimum Gasteiger partial charge on any atom is -0.313 e. The van der Waals surface area contributed by atoms with E-state index in [2.05, 4.69) is 80.1 Å². The van der Waals surface area contributed by atoms with Crippen molar-refractivity contribution in [1.29, 1.82) is 0 Å². The van der Waals surface area contributed by atoms with Gasteiger partial charge in [0, 0.05) is 36.7 Å². The Morgan fingerprint density at radius 3 is 2.67 bits per heavy atom. The maximum Gasteiger partial charge on any atom is 0.0381 e. The molecule has 118 valence electrons. The standard InChI is InChI=1S/C18H30N2S/c1-5-16-13-20(11-12-21-16)14-18(2,3)17(19-4)15-9-7-6-8-10-15/h6-10,16-17,19H,5,11-14H2,1-4H3. The molecular weight excluding hydrogens is 276 g/mol. The van der Waals surface area contributed by atoms with Gasteiger partial charge < -0.3 is 10.2 Å². The van der Waals surface area contributed by atoms with Crippen LogP contribution in [0.2, 0.25) is 0 Å². The molecule has 0 saturated carbocycles. The van der Waals surface area contributed by atoms with Gasteiger partial charge in [-0.15, -0.1) is 0 Å². The van der Waals surface area contributed by atoms with Gasteiger partial charge in [0.25, 0.3) is 0 Å². The van der Waals surface area contributed by atoms with E-state index in [1.54, 1.807) is 0 Å². The predicted molar refractivity (Wildman–Crippen MR) is 95.0 cm³/mol. The quantitative estimate of drug-likeness (QED) is 0.860. The summed E-state index contributed by atoms with van der Waals surface area (Å²) in [4.78, 5) is 2.66. The lowest BCUT2D eigenvalue weighted by Crippen LogP contribution is -2.46. The summed E-state index contributed by atoms with van der Waals surface area (Å²) in [6, 6.07) is 11.2. The van der Waals surface area contributed by atoms with Crippen LogP contribution in [0.5, 0.6) is 0 Å². The van der Waals surface area contributed by atoms with Crippen LogP contribution in [-0.2, 0) is 0 Å². The molecule has 0 spiro atoms. The van der Waals surface area contributed by atoms with E-state index in [1.807, 2.05) is 0 Å². The van der Waals surface area contributed by atoms with E-state index in [4.69, 9.17) is 0 Å². The molecule has 1 aliphatic rings. The summed E-state index contributed by atoms with van der Waals surface area (Å²) >= 11 is 2.15. The molecule has 0 bridgehead atoms. The average molecular weight is 307 g/mol. The van der Waals surface area contributed by atoms with Gasteiger partial charge in [-0.25, -0.2) is 0 Å². The Kier molecular flexibility index (Phi) is 6.15. The molecule has 1 aromatic rings. The van der Waals surface area contributed by atoms with Gasteiger partial charge in [-0.2, -0.15) is 11.8 Å². The Morgan fingerprint density at radius 1 is 1.33 bits per heavy atom. The Labute approximate surface area is 134 Å². The Morgan fingerprint density at radius 2 is 2.05 bits per heavy atom. The number of nitrogens with zero attached hydrogens (tertiary/aromatic N) is 1. The van der Waals surface area contributed by atoms with Crippen molar-refractivity contribution in [2.75, 3.05) is 32.4 Å². The third-order valence-electron chi connectivity index (χ3n) is 4.51. The van der Waals surface area contributed by atoms with Crippen molar-refractivity contribution in [1.82, 2.24) is 10.2 Å². The Hall–Kier alpha value is -0.510. The van der Waals surface area contributed by atoms with Crippen molar-refractivity contribution in [3.63, 3.8) is 0 Å². The summed E-state index contributed by atoms with van der Waals surface area (Å²) in [7, 11) is 2.08. The average Bonchev–Trinajstić information content (AvgIpc) is 2.48. The van der Waals surface area contributed by atoms with Gasteiger partial charge in [-0.3, -0.25) is 0 Å². The third kappa shape index (κ3) is 4.48. The highest BCUT2D eigenvalue weighted by atomic mass is 32.2. The number of benzene rings is 1. The first-order chi connectivity index (χ1) is 10.1. The molecule has 21 heavy (non-hydrogen) atoms. The molecule has 1 aliphatic heterocycles. The molecule has 1 fully saturated rings. The van der Waals surface area contributed by atoms with Crippen LogP contribution >= 0.6 is 11.8 Å². The molecule has 1 heterocycles. The first kappa shape index (κ1) is 16.9. The van der Waals surface area contributed by atoms with Crippen molar-refractivity contribution in [3.05, 3.63) is 35.9 Å². The second kappa shape index (κ2) is 7.66. The van der Waals surface area contributed by atoms with Gasteiger partial charge in [-0.05, 0) is 24.4 Å². The molecule has 2 rings (SSSR count). The summed E-state index contributed by atoms with van der Waals surface area (Å²) < 4.78 is 0. The van der Waals surface area contributed by atoms with Gasteiger partial charge >= 0.3 is 0 Å². The highest BCUT2D eigenvalue weighted by Crippen LogP contribution is 2.35. The van der Waals surface area contributed by atoms with Crippen molar-refractivity contribution < 1.29 is 0 Å². The number of hydrogen-bond acceptors (Lipinski definition) is 3. The van der Waals surface area contributed by atoms with Gasteiger partial charge in [0.2, 0.25) is 0 Å². The monoisotopic (exact) mass is 306 g/mol. The van der Waals surface area contributed by atoms with Crippen LogP contribution in [0.15, 0.2) is 30.3 Å². The highest BCUT2D eigenvalue weighted by Gasteiger charge is 2.33. The number of thioether (sulfide) groups is 1. The summed E-state index contributed by atoms with van der Waals surface area (Å²) in [5.41, 5.74) is 1.61. The van der Waals surface area contributed by atoms with Crippen LogP contribution in [0.4, 0.5) is 0 Å². The Balaban J connectivity index is 2.05. The normalized spacial score (nSPS) is 22.2. The summed E-state index contributed by atoms with van der Waals surface area (Å²) in [6.07, 6.45) is 1.29. The number of nitrogens with one attached hydrogen (secondary N) is 1. The fraction of sp³-hybridized carbons (Fsp3) is 0.667. The second-order valence-electron chi connectivity index (χ2n) is 6.76. The van der Waals surface area contributed by atoms with E-state index < -0.39 is 0 Å². The molecule has 1 aromatic carbocycles. The molecule has 2 nitrogen and oxygen atoms in total. The zero-order valence-electron chi connectivity index (χ0n) is 13.9. The summed E-state index contributed by atoms with van der Waals surface area (Å²) in [5.74, 6) is 1.28. The maximum atomic E-state index is 3.54. The molecule has 1 saturated heterocycles. The van der Waals surface area contributed by atoms with Crippen LogP contribution in [0.3, 0.4) is 0 Å². The topological polar surface area (TPSA) is 15.3 Å². The third-order valence-corrected chi connectivity index (χ3v) is 5.88. The lowest BCUT2D eigenvalue weighted by molar-refractivity contribution is 0.142. The van der Waals surface area contributed by atoms with Crippen molar-refractivity contribution in [3.8, 4) is 0 Å². The predicted octanol–water partition coefficient (Wildman–Crippen LogP) is 3.80. The lowest BCUT2D eigenvalue weighted by Gasteiger charge is -2.41. The summed E-state index contributed by atoms with van der Waals surface area (Å²) in [6.45, 7) is 10.7. The van der Waals surface area contributed by atoms with Gasteiger partial charge in [0.1, 0.15) is 0 Å². The van der Waals surface area contributed by atoms with E-state index in [0.29, 0.717) is 6.04 Å². The molecule has 0 aromatic heterocycles. The minimum atomic E-state index is 0.219. The second-order valence-corrected chi connectivity index (χ2v) is 8.17. The van der Waals surface area contributed by atoms with Crippen molar-refractivity contribution in [2.45, 2.75) is 38.5 Å². The number of rotatable bonds is 6. The lowest BCUT2D eigenvalue weighted by atomic mass is 9.80. The van der Waals surface area contributed by atoms with E-state index in [1.165, 1.54) is 30.8 Å². The largest absolute Gasteiger partial charge is 0.313 e. The summed E-state index contributed by atoms with van der Waals surface area (Å²) in [5, 5.41) is 4.36. The van der Waals surface area contributed by atoms with Gasteiger partial charge in [0.05, 0.1) is 0 Å². The van der Waals surface area contributed by atoms with Gasteiger partial charge in [-0.1, -0.05) is 51.1 Å².